The van der Waals surface area contributed by atoms with E-state index in [2.05, 4.69) is 9.97 Å². The molecular formula is C16H14N2O2. The number of fused-ring (bicyclic) bond motifs is 1. The topological polar surface area (TPSA) is 56.0 Å². The molecule has 0 N–H and O–H groups in total. The van der Waals surface area contributed by atoms with Gasteiger partial charge in [0.05, 0.1) is 0 Å². The van der Waals surface area contributed by atoms with Crippen molar-refractivity contribution in [2.24, 2.45) is 5.92 Å². The second-order valence-electron chi connectivity index (χ2n) is 4.94. The first kappa shape index (κ1) is 12.5. The van der Waals surface area contributed by atoms with Crippen molar-refractivity contribution in [2.45, 2.75) is 13.8 Å². The van der Waals surface area contributed by atoms with Crippen molar-refractivity contribution in [3.05, 3.63) is 48.2 Å². The SMILES string of the molecule is CC(C)C(=O)c1ccc2oc(-c3ccccn3)nc2c1. The maximum absolute atomic E-state index is 12.0. The van der Waals surface area contributed by atoms with E-state index in [9.17, 15) is 4.79 Å². The van der Waals surface area contributed by atoms with Crippen LogP contribution in [0.1, 0.15) is 24.2 Å². The molecule has 0 fully saturated rings. The standard InChI is InChI=1S/C16H14N2O2/c1-10(2)15(19)11-6-7-14-13(9-11)18-16(20-14)12-5-3-4-8-17-12/h3-10H,1-2H3. The molecule has 0 aliphatic heterocycles. The summed E-state index contributed by atoms with van der Waals surface area (Å²) in [6.45, 7) is 3.77. The normalized spacial score (nSPS) is 11.2. The van der Waals surface area contributed by atoms with Crippen molar-refractivity contribution in [1.29, 1.82) is 0 Å². The van der Waals surface area contributed by atoms with Gasteiger partial charge in [-0.1, -0.05) is 19.9 Å². The summed E-state index contributed by atoms with van der Waals surface area (Å²) in [4.78, 5) is 20.6. The number of ketones is 1. The highest BCUT2D eigenvalue weighted by Gasteiger charge is 2.14. The Morgan fingerprint density at radius 2 is 2.05 bits per heavy atom. The van der Waals surface area contributed by atoms with E-state index in [1.165, 1.54) is 0 Å². The molecule has 0 saturated heterocycles. The van der Waals surface area contributed by atoms with Crippen molar-refractivity contribution >= 4 is 16.9 Å². The Morgan fingerprint density at radius 1 is 1.20 bits per heavy atom. The van der Waals surface area contributed by atoms with Crippen LogP contribution in [0.25, 0.3) is 22.7 Å². The van der Waals surface area contributed by atoms with E-state index in [4.69, 9.17) is 4.42 Å². The van der Waals surface area contributed by atoms with E-state index in [-0.39, 0.29) is 11.7 Å². The van der Waals surface area contributed by atoms with E-state index in [0.717, 1.165) is 0 Å². The maximum Gasteiger partial charge on any atom is 0.246 e. The van der Waals surface area contributed by atoms with Crippen LogP contribution in [0, 0.1) is 5.92 Å². The van der Waals surface area contributed by atoms with Gasteiger partial charge in [0.25, 0.3) is 0 Å². The van der Waals surface area contributed by atoms with Gasteiger partial charge in [0.15, 0.2) is 11.4 Å². The number of rotatable bonds is 3. The lowest BCUT2D eigenvalue weighted by atomic mass is 10.0. The molecule has 0 aliphatic rings. The van der Waals surface area contributed by atoms with Crippen LogP contribution in [0.4, 0.5) is 0 Å². The third kappa shape index (κ3) is 2.20. The molecular weight excluding hydrogens is 252 g/mol. The molecule has 100 valence electrons. The van der Waals surface area contributed by atoms with Crippen molar-refractivity contribution in [1.82, 2.24) is 9.97 Å². The summed E-state index contributed by atoms with van der Waals surface area (Å²) < 4.78 is 5.66. The van der Waals surface area contributed by atoms with E-state index >= 15 is 0 Å². The molecule has 0 bridgehead atoms. The second-order valence-corrected chi connectivity index (χ2v) is 4.94. The molecule has 0 atom stereocenters. The molecule has 4 nitrogen and oxygen atoms in total. The number of nitrogens with zero attached hydrogens (tertiary/aromatic N) is 2. The number of benzene rings is 1. The molecule has 0 radical (unpaired) electrons. The summed E-state index contributed by atoms with van der Waals surface area (Å²) in [6, 6.07) is 10.9. The highest BCUT2D eigenvalue weighted by Crippen LogP contribution is 2.24. The van der Waals surface area contributed by atoms with Crippen molar-refractivity contribution < 1.29 is 9.21 Å². The number of hydrogen-bond acceptors (Lipinski definition) is 4. The first-order chi connectivity index (χ1) is 9.65. The Labute approximate surface area is 116 Å². The largest absolute Gasteiger partial charge is 0.435 e. The van der Waals surface area contributed by atoms with Crippen LogP contribution in [0.2, 0.25) is 0 Å². The second kappa shape index (κ2) is 4.89. The number of Topliss-reactive ketones (excluding diaryl/α,β-unsaturated/α-hetero) is 1. The monoisotopic (exact) mass is 266 g/mol. The minimum Gasteiger partial charge on any atom is -0.435 e. The van der Waals surface area contributed by atoms with Crippen LogP contribution < -0.4 is 0 Å². The average Bonchev–Trinajstić information content (AvgIpc) is 2.90. The Balaban J connectivity index is 2.06. The van der Waals surface area contributed by atoms with Gasteiger partial charge in [-0.15, -0.1) is 0 Å². The fourth-order valence-electron chi connectivity index (χ4n) is 2.01. The van der Waals surface area contributed by atoms with Gasteiger partial charge in [0, 0.05) is 17.7 Å². The predicted octanol–water partition coefficient (Wildman–Crippen LogP) is 3.73. The summed E-state index contributed by atoms with van der Waals surface area (Å²) in [5.41, 5.74) is 2.68. The molecule has 0 spiro atoms. The van der Waals surface area contributed by atoms with Crippen LogP contribution in [-0.4, -0.2) is 15.8 Å². The zero-order valence-corrected chi connectivity index (χ0v) is 11.3. The van der Waals surface area contributed by atoms with Gasteiger partial charge in [0.2, 0.25) is 5.89 Å². The van der Waals surface area contributed by atoms with E-state index in [1.807, 2.05) is 32.0 Å². The fourth-order valence-corrected chi connectivity index (χ4v) is 2.01. The van der Waals surface area contributed by atoms with E-state index in [0.29, 0.717) is 28.2 Å². The number of oxazole rings is 1. The molecule has 3 aromatic rings. The molecule has 0 unspecified atom stereocenters. The Hall–Kier alpha value is -2.49. The highest BCUT2D eigenvalue weighted by molar-refractivity contribution is 5.99. The van der Waals surface area contributed by atoms with Crippen LogP contribution in [0.3, 0.4) is 0 Å². The summed E-state index contributed by atoms with van der Waals surface area (Å²) in [6.07, 6.45) is 1.69. The first-order valence-electron chi connectivity index (χ1n) is 6.51. The lowest BCUT2D eigenvalue weighted by molar-refractivity contribution is 0.0939. The van der Waals surface area contributed by atoms with Gasteiger partial charge < -0.3 is 4.42 Å². The number of aromatic nitrogens is 2. The van der Waals surface area contributed by atoms with Gasteiger partial charge in [-0.05, 0) is 30.3 Å². The maximum atomic E-state index is 12.0. The number of hydrogen-bond donors (Lipinski definition) is 0. The molecule has 0 aliphatic carbocycles. The lowest BCUT2D eigenvalue weighted by Gasteiger charge is -2.02. The third-order valence-corrected chi connectivity index (χ3v) is 3.08. The van der Waals surface area contributed by atoms with Crippen molar-refractivity contribution in [3.63, 3.8) is 0 Å². The first-order valence-corrected chi connectivity index (χ1v) is 6.51. The smallest absolute Gasteiger partial charge is 0.246 e. The molecule has 2 heterocycles. The summed E-state index contributed by atoms with van der Waals surface area (Å²) in [7, 11) is 0. The Kier molecular flexibility index (Phi) is 3.06. The van der Waals surface area contributed by atoms with Gasteiger partial charge >= 0.3 is 0 Å². The molecule has 1 aromatic carbocycles. The van der Waals surface area contributed by atoms with Crippen LogP contribution in [0.15, 0.2) is 47.0 Å². The van der Waals surface area contributed by atoms with Crippen LogP contribution in [0.5, 0.6) is 0 Å². The van der Waals surface area contributed by atoms with Gasteiger partial charge in [-0.25, -0.2) is 4.98 Å². The summed E-state index contributed by atoms with van der Waals surface area (Å²) in [5, 5.41) is 0. The molecule has 4 heteroatoms. The molecule has 20 heavy (non-hydrogen) atoms. The van der Waals surface area contributed by atoms with Crippen LogP contribution in [-0.2, 0) is 0 Å². The van der Waals surface area contributed by atoms with Crippen molar-refractivity contribution in [2.75, 3.05) is 0 Å². The minimum atomic E-state index is -0.0328. The quantitative estimate of drug-likeness (QED) is 0.678. The van der Waals surface area contributed by atoms with Crippen molar-refractivity contribution in [3.8, 4) is 11.6 Å². The van der Waals surface area contributed by atoms with Gasteiger partial charge in [-0.2, -0.15) is 0 Å². The van der Waals surface area contributed by atoms with Gasteiger partial charge in [0.1, 0.15) is 11.2 Å². The van der Waals surface area contributed by atoms with E-state index < -0.39 is 0 Å². The van der Waals surface area contributed by atoms with Gasteiger partial charge in [-0.3, -0.25) is 9.78 Å². The van der Waals surface area contributed by atoms with Crippen LogP contribution >= 0.6 is 0 Å². The van der Waals surface area contributed by atoms with E-state index in [1.54, 1.807) is 24.4 Å². The molecule has 2 aromatic heterocycles. The Bertz CT molecular complexity index is 761. The highest BCUT2D eigenvalue weighted by atomic mass is 16.3. The lowest BCUT2D eigenvalue weighted by Crippen LogP contribution is -2.06. The molecule has 0 saturated carbocycles. The molecule has 3 rings (SSSR count). The molecule has 0 amide bonds. The minimum absolute atomic E-state index is 0.0328. The zero-order valence-electron chi connectivity index (χ0n) is 11.3. The third-order valence-electron chi connectivity index (χ3n) is 3.08. The number of pyridine rings is 1. The zero-order chi connectivity index (χ0) is 14.1. The predicted molar refractivity (Wildman–Crippen MR) is 76.4 cm³/mol. The number of carbonyl (C=O) groups is 1. The number of carbonyl (C=O) groups excluding carboxylic acids is 1. The summed E-state index contributed by atoms with van der Waals surface area (Å²) in [5.74, 6) is 0.540. The average molecular weight is 266 g/mol. The fraction of sp³-hybridized carbons (Fsp3) is 0.188. The summed E-state index contributed by atoms with van der Waals surface area (Å²) >= 11 is 0. The Morgan fingerprint density at radius 3 is 2.75 bits per heavy atom.